The van der Waals surface area contributed by atoms with Crippen LogP contribution in [0.1, 0.15) is 20.3 Å². The Labute approximate surface area is 100 Å². The molecule has 0 aromatic heterocycles. The third-order valence-corrected chi connectivity index (χ3v) is 2.50. The van der Waals surface area contributed by atoms with Gasteiger partial charge in [-0.1, -0.05) is 13.8 Å². The van der Waals surface area contributed by atoms with Gasteiger partial charge in [-0.25, -0.2) is 0 Å². The van der Waals surface area contributed by atoms with E-state index >= 15 is 0 Å². The Hall–Kier alpha value is -1.49. The maximum absolute atomic E-state index is 11.3. The number of rotatable bonds is 7. The van der Waals surface area contributed by atoms with E-state index in [-0.39, 0.29) is 36.7 Å². The summed E-state index contributed by atoms with van der Waals surface area (Å²) in [5.41, 5.74) is 0. The van der Waals surface area contributed by atoms with Crippen LogP contribution in [0.2, 0.25) is 0 Å². The lowest BCUT2D eigenvalue weighted by atomic mass is 10.1. The normalized spacial score (nSPS) is 15.1. The molecule has 5 heteroatoms. The molecule has 0 bridgehead atoms. The molecule has 1 aliphatic heterocycles. The number of hydrogen-bond acceptors (Lipinski definition) is 4. The van der Waals surface area contributed by atoms with Crippen molar-refractivity contribution in [3.63, 3.8) is 0 Å². The molecule has 0 N–H and O–H groups in total. The van der Waals surface area contributed by atoms with E-state index in [9.17, 15) is 14.4 Å². The fraction of sp³-hybridized carbons (Fsp3) is 0.583. The highest BCUT2D eigenvalue weighted by atomic mass is 16.5. The molecule has 1 heterocycles. The topological polar surface area (TPSA) is 63.7 Å². The van der Waals surface area contributed by atoms with Crippen molar-refractivity contribution in [2.75, 3.05) is 19.8 Å². The highest BCUT2D eigenvalue weighted by molar-refractivity contribution is 6.12. The van der Waals surface area contributed by atoms with E-state index in [4.69, 9.17) is 4.74 Å². The molecule has 94 valence electrons. The van der Waals surface area contributed by atoms with E-state index in [1.165, 1.54) is 12.2 Å². The quantitative estimate of drug-likeness (QED) is 0.480. The average molecular weight is 239 g/mol. The minimum absolute atomic E-state index is 0.0181. The summed E-state index contributed by atoms with van der Waals surface area (Å²) >= 11 is 0. The summed E-state index contributed by atoms with van der Waals surface area (Å²) in [7, 11) is 0. The first-order valence-corrected chi connectivity index (χ1v) is 5.66. The number of hydrogen-bond donors (Lipinski definition) is 0. The fourth-order valence-electron chi connectivity index (χ4n) is 1.37. The van der Waals surface area contributed by atoms with Crippen molar-refractivity contribution in [1.82, 2.24) is 4.90 Å². The minimum atomic E-state index is -0.308. The van der Waals surface area contributed by atoms with E-state index < -0.39 is 0 Å². The summed E-state index contributed by atoms with van der Waals surface area (Å²) in [4.78, 5) is 34.7. The lowest BCUT2D eigenvalue weighted by molar-refractivity contribution is -0.138. The Morgan fingerprint density at radius 3 is 2.35 bits per heavy atom. The largest absolute Gasteiger partial charge is 0.379 e. The van der Waals surface area contributed by atoms with E-state index in [0.29, 0.717) is 13.0 Å². The molecule has 0 atom stereocenters. The Kier molecular flexibility index (Phi) is 5.03. The fourth-order valence-corrected chi connectivity index (χ4v) is 1.37. The van der Waals surface area contributed by atoms with Crippen LogP contribution in [0.25, 0.3) is 0 Å². The second-order valence-electron chi connectivity index (χ2n) is 4.14. The van der Waals surface area contributed by atoms with Gasteiger partial charge in [0.15, 0.2) is 0 Å². The molecule has 1 aliphatic rings. The summed E-state index contributed by atoms with van der Waals surface area (Å²) in [6, 6.07) is 0. The molecule has 5 nitrogen and oxygen atoms in total. The van der Waals surface area contributed by atoms with Crippen LogP contribution < -0.4 is 0 Å². The van der Waals surface area contributed by atoms with Gasteiger partial charge in [0, 0.05) is 24.5 Å². The zero-order valence-corrected chi connectivity index (χ0v) is 10.1. The van der Waals surface area contributed by atoms with Gasteiger partial charge in [-0.3, -0.25) is 19.3 Å². The van der Waals surface area contributed by atoms with Crippen molar-refractivity contribution in [2.24, 2.45) is 5.92 Å². The molecule has 0 aliphatic carbocycles. The smallest absolute Gasteiger partial charge is 0.253 e. The third kappa shape index (κ3) is 4.11. The standard InChI is InChI=1S/C12H17NO4/c1-9(2)10(14)5-7-17-8-6-13-11(15)3-4-12(13)16/h3-4,9H,5-8H2,1-2H3. The Balaban J connectivity index is 2.11. The monoisotopic (exact) mass is 239 g/mol. The molecule has 0 saturated heterocycles. The van der Waals surface area contributed by atoms with E-state index in [1.807, 2.05) is 13.8 Å². The lowest BCUT2D eigenvalue weighted by Gasteiger charge is -2.13. The molecule has 2 amide bonds. The predicted molar refractivity (Wildman–Crippen MR) is 61.1 cm³/mol. The summed E-state index contributed by atoms with van der Waals surface area (Å²) in [6.07, 6.45) is 2.85. The third-order valence-electron chi connectivity index (χ3n) is 2.50. The van der Waals surface area contributed by atoms with Gasteiger partial charge in [0.2, 0.25) is 0 Å². The number of carbonyl (C=O) groups excluding carboxylic acids is 3. The molecule has 0 aromatic carbocycles. The molecule has 1 rings (SSSR count). The van der Waals surface area contributed by atoms with Gasteiger partial charge < -0.3 is 4.74 Å². The Morgan fingerprint density at radius 1 is 1.24 bits per heavy atom. The number of imide groups is 1. The first-order valence-electron chi connectivity index (χ1n) is 5.66. The van der Waals surface area contributed by atoms with Crippen LogP contribution in [0.4, 0.5) is 0 Å². The van der Waals surface area contributed by atoms with Crippen LogP contribution in [-0.2, 0) is 19.1 Å². The molecule has 0 fully saturated rings. The predicted octanol–water partition coefficient (Wildman–Crippen LogP) is 0.543. The van der Waals surface area contributed by atoms with Gasteiger partial charge in [-0.15, -0.1) is 0 Å². The van der Waals surface area contributed by atoms with Crippen molar-refractivity contribution in [3.8, 4) is 0 Å². The molecule has 0 unspecified atom stereocenters. The van der Waals surface area contributed by atoms with Crippen molar-refractivity contribution < 1.29 is 19.1 Å². The zero-order valence-electron chi connectivity index (χ0n) is 10.1. The maximum atomic E-state index is 11.3. The highest BCUT2D eigenvalue weighted by Crippen LogP contribution is 2.03. The molecule has 0 aromatic rings. The molecule has 0 saturated carbocycles. The van der Waals surface area contributed by atoms with Crippen LogP contribution >= 0.6 is 0 Å². The lowest BCUT2D eigenvalue weighted by Crippen LogP contribution is -2.33. The van der Waals surface area contributed by atoms with Crippen LogP contribution in [0, 0.1) is 5.92 Å². The summed E-state index contributed by atoms with van der Waals surface area (Å²) in [5.74, 6) is -0.446. The summed E-state index contributed by atoms with van der Waals surface area (Å²) in [6.45, 7) is 4.52. The van der Waals surface area contributed by atoms with Gasteiger partial charge in [0.05, 0.1) is 19.8 Å². The molecule has 0 radical (unpaired) electrons. The van der Waals surface area contributed by atoms with Gasteiger partial charge >= 0.3 is 0 Å². The van der Waals surface area contributed by atoms with Crippen molar-refractivity contribution in [2.45, 2.75) is 20.3 Å². The molecular weight excluding hydrogens is 222 g/mol. The van der Waals surface area contributed by atoms with E-state index in [0.717, 1.165) is 4.90 Å². The molecular formula is C12H17NO4. The van der Waals surface area contributed by atoms with Crippen molar-refractivity contribution in [3.05, 3.63) is 12.2 Å². The van der Waals surface area contributed by atoms with E-state index in [2.05, 4.69) is 0 Å². The SMILES string of the molecule is CC(C)C(=O)CCOCCN1C(=O)C=CC1=O. The number of nitrogens with zero attached hydrogens (tertiary/aromatic N) is 1. The second-order valence-corrected chi connectivity index (χ2v) is 4.14. The Bertz CT molecular complexity index is 328. The van der Waals surface area contributed by atoms with Crippen molar-refractivity contribution in [1.29, 1.82) is 0 Å². The van der Waals surface area contributed by atoms with Gasteiger partial charge in [0.1, 0.15) is 5.78 Å². The first-order chi connectivity index (χ1) is 8.02. The van der Waals surface area contributed by atoms with Gasteiger partial charge in [-0.2, -0.15) is 0 Å². The van der Waals surface area contributed by atoms with Crippen LogP contribution in [0.15, 0.2) is 12.2 Å². The highest BCUT2D eigenvalue weighted by Gasteiger charge is 2.22. The number of ether oxygens (including phenoxy) is 1. The second kappa shape index (κ2) is 6.30. The van der Waals surface area contributed by atoms with Gasteiger partial charge in [-0.05, 0) is 0 Å². The summed E-state index contributed by atoms with van der Waals surface area (Å²) in [5, 5.41) is 0. The van der Waals surface area contributed by atoms with Crippen LogP contribution in [-0.4, -0.2) is 42.3 Å². The first kappa shape index (κ1) is 13.6. The molecule has 0 spiro atoms. The number of amides is 2. The average Bonchev–Trinajstić information content (AvgIpc) is 2.59. The summed E-state index contributed by atoms with van der Waals surface area (Å²) < 4.78 is 5.22. The number of Topliss-reactive ketones (excluding diaryl/α,β-unsaturated/α-hetero) is 1. The van der Waals surface area contributed by atoms with E-state index in [1.54, 1.807) is 0 Å². The molecule has 17 heavy (non-hydrogen) atoms. The van der Waals surface area contributed by atoms with Crippen LogP contribution in [0.5, 0.6) is 0 Å². The van der Waals surface area contributed by atoms with Crippen molar-refractivity contribution >= 4 is 17.6 Å². The van der Waals surface area contributed by atoms with Gasteiger partial charge in [0.25, 0.3) is 11.8 Å². The number of ketones is 1. The van der Waals surface area contributed by atoms with Crippen LogP contribution in [0.3, 0.4) is 0 Å². The number of carbonyl (C=O) groups is 3. The maximum Gasteiger partial charge on any atom is 0.253 e. The zero-order chi connectivity index (χ0) is 12.8. The minimum Gasteiger partial charge on any atom is -0.379 e. The Morgan fingerprint density at radius 2 is 1.82 bits per heavy atom.